The van der Waals surface area contributed by atoms with Crippen LogP contribution in [-0.2, 0) is 6.42 Å². The summed E-state index contributed by atoms with van der Waals surface area (Å²) in [5, 5.41) is 0. The number of hydrogen-bond donors (Lipinski definition) is 1. The minimum Gasteiger partial charge on any atom is -0.363 e. The van der Waals surface area contributed by atoms with Gasteiger partial charge in [-0.2, -0.15) is 0 Å². The second-order valence-electron chi connectivity index (χ2n) is 4.97. The summed E-state index contributed by atoms with van der Waals surface area (Å²) in [6.45, 7) is 5.92. The molecule has 2 aromatic carbocycles. The molecule has 106 valence electrons. The van der Waals surface area contributed by atoms with Crippen LogP contribution in [0.5, 0.6) is 0 Å². The highest BCUT2D eigenvalue weighted by Gasteiger charge is 2.17. The van der Waals surface area contributed by atoms with Crippen LogP contribution in [0, 0.1) is 0 Å². The number of para-hydroxylation sites is 1. The molecule has 0 aliphatic heterocycles. The summed E-state index contributed by atoms with van der Waals surface area (Å²) >= 11 is 0. The average Bonchev–Trinajstić information content (AvgIpc) is 2.53. The van der Waals surface area contributed by atoms with Gasteiger partial charge in [0, 0.05) is 18.8 Å². The predicted molar refractivity (Wildman–Crippen MR) is 87.1 cm³/mol. The van der Waals surface area contributed by atoms with Gasteiger partial charge in [0.1, 0.15) is 0 Å². The van der Waals surface area contributed by atoms with Crippen molar-refractivity contribution in [3.8, 4) is 0 Å². The molecule has 0 saturated heterocycles. The fourth-order valence-corrected chi connectivity index (χ4v) is 2.62. The van der Waals surface area contributed by atoms with Crippen LogP contribution in [-0.4, -0.2) is 13.1 Å². The second-order valence-corrected chi connectivity index (χ2v) is 4.97. The molecule has 0 radical (unpaired) electrons. The van der Waals surface area contributed by atoms with Crippen molar-refractivity contribution in [2.24, 2.45) is 5.73 Å². The first-order valence-corrected chi connectivity index (χ1v) is 7.40. The molecule has 0 spiro atoms. The lowest BCUT2D eigenvalue weighted by atomic mass is 10.0. The summed E-state index contributed by atoms with van der Waals surface area (Å²) in [5.74, 6) is 0. The van der Waals surface area contributed by atoms with E-state index < -0.39 is 0 Å². The summed E-state index contributed by atoms with van der Waals surface area (Å²) in [6, 6.07) is 19.5. The normalized spacial score (nSPS) is 12.2. The molecule has 2 N–H and O–H groups in total. The van der Waals surface area contributed by atoms with Crippen molar-refractivity contribution >= 4 is 5.69 Å². The van der Waals surface area contributed by atoms with E-state index >= 15 is 0 Å². The van der Waals surface area contributed by atoms with Crippen LogP contribution in [0.2, 0.25) is 0 Å². The Morgan fingerprint density at radius 2 is 1.60 bits per heavy atom. The number of rotatable bonds is 6. The summed E-state index contributed by atoms with van der Waals surface area (Å²) in [7, 11) is 0. The Balaban J connectivity index is 2.29. The molecule has 2 aromatic rings. The van der Waals surface area contributed by atoms with Crippen molar-refractivity contribution in [2.45, 2.75) is 26.3 Å². The van der Waals surface area contributed by atoms with E-state index in [1.807, 2.05) is 6.07 Å². The van der Waals surface area contributed by atoms with Crippen molar-refractivity contribution in [1.29, 1.82) is 0 Å². The van der Waals surface area contributed by atoms with Gasteiger partial charge in [0.15, 0.2) is 0 Å². The van der Waals surface area contributed by atoms with E-state index in [0.29, 0.717) is 6.54 Å². The summed E-state index contributed by atoms with van der Waals surface area (Å²) < 4.78 is 0. The molecule has 0 amide bonds. The maximum atomic E-state index is 6.05. The first kappa shape index (κ1) is 14.6. The topological polar surface area (TPSA) is 29.3 Å². The lowest BCUT2D eigenvalue weighted by Crippen LogP contribution is -2.33. The van der Waals surface area contributed by atoms with Crippen molar-refractivity contribution < 1.29 is 0 Å². The maximum Gasteiger partial charge on any atom is 0.0664 e. The Labute approximate surface area is 122 Å². The van der Waals surface area contributed by atoms with E-state index in [0.717, 1.165) is 13.0 Å². The van der Waals surface area contributed by atoms with Crippen molar-refractivity contribution in [3.05, 3.63) is 65.7 Å². The summed E-state index contributed by atoms with van der Waals surface area (Å²) in [6.07, 6.45) is 1.07. The monoisotopic (exact) mass is 268 g/mol. The van der Waals surface area contributed by atoms with Gasteiger partial charge in [0.05, 0.1) is 6.04 Å². The van der Waals surface area contributed by atoms with Crippen LogP contribution in [0.15, 0.2) is 54.6 Å². The number of nitrogens with two attached hydrogens (primary N) is 1. The first-order chi connectivity index (χ1) is 9.80. The van der Waals surface area contributed by atoms with E-state index in [1.54, 1.807) is 0 Å². The summed E-state index contributed by atoms with van der Waals surface area (Å²) in [5.41, 5.74) is 9.93. The number of aryl methyl sites for hydroxylation is 1. The highest BCUT2D eigenvalue weighted by Crippen LogP contribution is 2.26. The number of hydrogen-bond acceptors (Lipinski definition) is 2. The third-order valence-corrected chi connectivity index (χ3v) is 3.80. The lowest BCUT2D eigenvalue weighted by molar-refractivity contribution is 0.643. The predicted octanol–water partition coefficient (Wildman–Crippen LogP) is 3.78. The van der Waals surface area contributed by atoms with Gasteiger partial charge in [0.25, 0.3) is 0 Å². The Hall–Kier alpha value is -1.80. The molecule has 2 rings (SSSR count). The molecule has 1 atom stereocenters. The van der Waals surface area contributed by atoms with Gasteiger partial charge in [-0.25, -0.2) is 0 Å². The number of anilines is 1. The van der Waals surface area contributed by atoms with Crippen molar-refractivity contribution in [3.63, 3.8) is 0 Å². The number of likely N-dealkylation sites (N-methyl/N-ethyl adjacent to an activating group) is 1. The van der Waals surface area contributed by atoms with E-state index in [2.05, 4.69) is 67.3 Å². The third kappa shape index (κ3) is 3.20. The zero-order valence-electron chi connectivity index (χ0n) is 12.4. The quantitative estimate of drug-likeness (QED) is 0.864. The van der Waals surface area contributed by atoms with Crippen molar-refractivity contribution in [1.82, 2.24) is 0 Å². The molecule has 20 heavy (non-hydrogen) atoms. The van der Waals surface area contributed by atoms with E-state index in [9.17, 15) is 0 Å². The van der Waals surface area contributed by atoms with Crippen LogP contribution in [0.3, 0.4) is 0 Å². The molecule has 0 heterocycles. The highest BCUT2D eigenvalue weighted by molar-refractivity contribution is 5.49. The van der Waals surface area contributed by atoms with E-state index in [1.165, 1.54) is 16.8 Å². The molecule has 0 aromatic heterocycles. The molecular formula is C18H24N2. The molecule has 0 fully saturated rings. The minimum absolute atomic E-state index is 0.230. The van der Waals surface area contributed by atoms with Crippen LogP contribution in [0.4, 0.5) is 5.69 Å². The smallest absolute Gasteiger partial charge is 0.0664 e. The zero-order valence-corrected chi connectivity index (χ0v) is 12.4. The van der Waals surface area contributed by atoms with Gasteiger partial charge in [-0.1, -0.05) is 49.4 Å². The van der Waals surface area contributed by atoms with Crippen LogP contribution in [0.25, 0.3) is 0 Å². The molecule has 0 bridgehead atoms. The average molecular weight is 268 g/mol. The Morgan fingerprint density at radius 3 is 2.10 bits per heavy atom. The molecule has 2 heteroatoms. The zero-order chi connectivity index (χ0) is 14.4. The van der Waals surface area contributed by atoms with Crippen LogP contribution >= 0.6 is 0 Å². The van der Waals surface area contributed by atoms with Gasteiger partial charge in [-0.15, -0.1) is 0 Å². The Bertz CT molecular complexity index is 505. The molecule has 2 nitrogen and oxygen atoms in total. The molecule has 0 aliphatic carbocycles. The van der Waals surface area contributed by atoms with E-state index in [4.69, 9.17) is 5.73 Å². The lowest BCUT2D eigenvalue weighted by Gasteiger charge is -2.32. The highest BCUT2D eigenvalue weighted by atomic mass is 15.2. The van der Waals surface area contributed by atoms with Gasteiger partial charge in [0.2, 0.25) is 0 Å². The van der Waals surface area contributed by atoms with E-state index in [-0.39, 0.29) is 6.04 Å². The molecule has 0 aliphatic rings. The maximum absolute atomic E-state index is 6.05. The first-order valence-electron chi connectivity index (χ1n) is 7.40. The fourth-order valence-electron chi connectivity index (χ4n) is 2.62. The minimum atomic E-state index is 0.230. The fraction of sp³-hybridized carbons (Fsp3) is 0.333. The number of nitrogens with zero attached hydrogens (tertiary/aromatic N) is 1. The van der Waals surface area contributed by atoms with Gasteiger partial charge in [-0.3, -0.25) is 0 Å². The van der Waals surface area contributed by atoms with Crippen LogP contribution < -0.4 is 10.6 Å². The summed E-state index contributed by atoms with van der Waals surface area (Å²) in [4.78, 5) is 2.36. The molecule has 0 saturated carbocycles. The second kappa shape index (κ2) is 7.11. The van der Waals surface area contributed by atoms with Gasteiger partial charge >= 0.3 is 0 Å². The third-order valence-electron chi connectivity index (χ3n) is 3.80. The van der Waals surface area contributed by atoms with Crippen LogP contribution in [0.1, 0.15) is 31.0 Å². The van der Waals surface area contributed by atoms with Crippen molar-refractivity contribution in [2.75, 3.05) is 18.0 Å². The Morgan fingerprint density at radius 1 is 0.950 bits per heavy atom. The number of benzene rings is 2. The SMILES string of the molecule is CCc1ccc(C(CN)N(CC)c2ccccc2)cc1. The molecular weight excluding hydrogens is 244 g/mol. The largest absolute Gasteiger partial charge is 0.363 e. The van der Waals surface area contributed by atoms with Gasteiger partial charge in [-0.05, 0) is 36.6 Å². The molecule has 1 unspecified atom stereocenters. The van der Waals surface area contributed by atoms with Gasteiger partial charge < -0.3 is 10.6 Å². The Kier molecular flexibility index (Phi) is 5.19. The standard InChI is InChI=1S/C18H24N2/c1-3-15-10-12-16(13-11-15)18(14-19)20(4-2)17-8-6-5-7-9-17/h5-13,18H,3-4,14,19H2,1-2H3.